The molecule has 3 heterocycles. The highest BCUT2D eigenvalue weighted by Crippen LogP contribution is 2.20. The molecule has 0 saturated carbocycles. The fraction of sp³-hybridized carbons (Fsp3) is 0.375. The van der Waals surface area contributed by atoms with Gasteiger partial charge in [-0.2, -0.15) is 10.2 Å². The molecule has 3 aromatic rings. The van der Waals surface area contributed by atoms with E-state index in [0.29, 0.717) is 12.1 Å². The topological polar surface area (TPSA) is 65.6 Å². The molecule has 0 aromatic carbocycles. The molecule has 0 spiro atoms. The van der Waals surface area contributed by atoms with E-state index in [-0.39, 0.29) is 11.1 Å². The maximum atomic E-state index is 12.8. The summed E-state index contributed by atoms with van der Waals surface area (Å²) >= 11 is 0. The molecule has 3 aromatic heterocycles. The van der Waals surface area contributed by atoms with E-state index in [2.05, 4.69) is 15.2 Å². The number of fused-ring (bicyclic) bond motifs is 1. The molecule has 0 N–H and O–H groups in total. The minimum absolute atomic E-state index is 0.140. The van der Waals surface area contributed by atoms with Crippen LogP contribution in [0.25, 0.3) is 10.9 Å². The zero-order chi connectivity index (χ0) is 15.9. The largest absolute Gasteiger partial charge is 0.293 e. The third-order valence-electron chi connectivity index (χ3n) is 3.54. The number of hydrogen-bond acceptors (Lipinski definition) is 4. The summed E-state index contributed by atoms with van der Waals surface area (Å²) in [6.07, 6.45) is 3.43. The summed E-state index contributed by atoms with van der Waals surface area (Å²) in [5, 5.41) is 9.59. The van der Waals surface area contributed by atoms with Crippen molar-refractivity contribution in [2.24, 2.45) is 0 Å². The van der Waals surface area contributed by atoms with Crippen LogP contribution in [0.5, 0.6) is 0 Å². The Balaban J connectivity index is 2.21. The van der Waals surface area contributed by atoms with Crippen LogP contribution < -0.4 is 5.56 Å². The van der Waals surface area contributed by atoms with Gasteiger partial charge in [0.25, 0.3) is 5.56 Å². The number of aromatic nitrogens is 5. The average molecular weight is 297 g/mol. The van der Waals surface area contributed by atoms with Crippen molar-refractivity contribution < 1.29 is 0 Å². The number of nitrogens with zero attached hydrogens (tertiary/aromatic N) is 5. The van der Waals surface area contributed by atoms with E-state index in [1.54, 1.807) is 17.1 Å². The monoisotopic (exact) mass is 297 g/mol. The van der Waals surface area contributed by atoms with E-state index in [4.69, 9.17) is 0 Å². The van der Waals surface area contributed by atoms with Gasteiger partial charge >= 0.3 is 0 Å². The zero-order valence-corrected chi connectivity index (χ0v) is 13.2. The summed E-state index contributed by atoms with van der Waals surface area (Å²) in [5.74, 6) is 0. The van der Waals surface area contributed by atoms with Crippen LogP contribution in [0.3, 0.4) is 0 Å². The van der Waals surface area contributed by atoms with Gasteiger partial charge in [0.15, 0.2) is 0 Å². The number of pyridine rings is 1. The van der Waals surface area contributed by atoms with Gasteiger partial charge in [0, 0.05) is 11.6 Å². The van der Waals surface area contributed by atoms with Gasteiger partial charge < -0.3 is 0 Å². The smallest absolute Gasteiger partial charge is 0.265 e. The van der Waals surface area contributed by atoms with Gasteiger partial charge in [-0.25, -0.2) is 4.68 Å². The first kappa shape index (κ1) is 14.4. The molecule has 6 heteroatoms. The van der Waals surface area contributed by atoms with Crippen molar-refractivity contribution in [2.45, 2.75) is 39.8 Å². The second-order valence-electron chi connectivity index (χ2n) is 6.36. The fourth-order valence-corrected chi connectivity index (χ4v) is 2.48. The Bertz CT molecular complexity index is 871. The first-order chi connectivity index (χ1) is 10.4. The summed E-state index contributed by atoms with van der Waals surface area (Å²) in [4.78, 5) is 17.1. The van der Waals surface area contributed by atoms with Crippen LogP contribution in [0, 0.1) is 6.92 Å². The van der Waals surface area contributed by atoms with E-state index in [1.807, 2.05) is 45.9 Å². The molecule has 0 radical (unpaired) electrons. The average Bonchev–Trinajstić information content (AvgIpc) is 2.91. The summed E-state index contributed by atoms with van der Waals surface area (Å²) in [5.41, 5.74) is 1.78. The SMILES string of the molecule is Cc1nn(Cc2ccccn2)c(=O)c2c1cnn2C(C)(C)C. The van der Waals surface area contributed by atoms with Crippen LogP contribution in [0.2, 0.25) is 0 Å². The highest BCUT2D eigenvalue weighted by atomic mass is 16.1. The maximum Gasteiger partial charge on any atom is 0.293 e. The van der Waals surface area contributed by atoms with Crippen molar-refractivity contribution in [3.63, 3.8) is 0 Å². The summed E-state index contributed by atoms with van der Waals surface area (Å²) in [7, 11) is 0. The normalized spacial score (nSPS) is 12.0. The standard InChI is InChI=1S/C16H19N5O/c1-11-13-9-18-21(16(2,3)4)14(13)15(22)20(19-11)10-12-7-5-6-8-17-12/h5-9H,10H2,1-4H3. The summed E-state index contributed by atoms with van der Waals surface area (Å²) in [6, 6.07) is 5.63. The molecule has 6 nitrogen and oxygen atoms in total. The van der Waals surface area contributed by atoms with Crippen LogP contribution in [-0.2, 0) is 12.1 Å². The van der Waals surface area contributed by atoms with Crippen LogP contribution in [-0.4, -0.2) is 24.5 Å². The van der Waals surface area contributed by atoms with Gasteiger partial charge in [0.2, 0.25) is 0 Å². The van der Waals surface area contributed by atoms with E-state index in [1.165, 1.54) is 4.68 Å². The molecule has 0 unspecified atom stereocenters. The first-order valence-corrected chi connectivity index (χ1v) is 7.24. The Morgan fingerprint density at radius 2 is 2.00 bits per heavy atom. The number of hydrogen-bond donors (Lipinski definition) is 0. The second kappa shape index (κ2) is 5.05. The third kappa shape index (κ3) is 2.41. The van der Waals surface area contributed by atoms with Gasteiger partial charge in [-0.15, -0.1) is 0 Å². The fourth-order valence-electron chi connectivity index (χ4n) is 2.48. The van der Waals surface area contributed by atoms with Crippen LogP contribution in [0.15, 0.2) is 35.4 Å². The highest BCUT2D eigenvalue weighted by molar-refractivity contribution is 5.79. The highest BCUT2D eigenvalue weighted by Gasteiger charge is 2.21. The number of aryl methyl sites for hydroxylation is 1. The van der Waals surface area contributed by atoms with Crippen molar-refractivity contribution >= 4 is 10.9 Å². The molecule has 0 fully saturated rings. The van der Waals surface area contributed by atoms with Gasteiger partial charge in [0.05, 0.1) is 29.7 Å². The van der Waals surface area contributed by atoms with E-state index < -0.39 is 0 Å². The molecule has 22 heavy (non-hydrogen) atoms. The third-order valence-corrected chi connectivity index (χ3v) is 3.54. The molecule has 0 bridgehead atoms. The lowest BCUT2D eigenvalue weighted by Gasteiger charge is -2.20. The molecule has 0 atom stereocenters. The van der Waals surface area contributed by atoms with Crippen LogP contribution >= 0.6 is 0 Å². The van der Waals surface area contributed by atoms with Gasteiger partial charge in [0.1, 0.15) is 5.52 Å². The predicted molar refractivity (Wildman–Crippen MR) is 84.9 cm³/mol. The molecule has 0 saturated heterocycles. The van der Waals surface area contributed by atoms with E-state index in [9.17, 15) is 4.79 Å². The van der Waals surface area contributed by atoms with Crippen molar-refractivity contribution in [3.8, 4) is 0 Å². The lowest BCUT2D eigenvalue weighted by atomic mass is 10.1. The quantitative estimate of drug-likeness (QED) is 0.726. The molecule has 0 aliphatic rings. The minimum Gasteiger partial charge on any atom is -0.265 e. The van der Waals surface area contributed by atoms with Gasteiger partial charge in [-0.3, -0.25) is 14.5 Å². The maximum absolute atomic E-state index is 12.8. The molecule has 0 aliphatic carbocycles. The van der Waals surface area contributed by atoms with Crippen LogP contribution in [0.1, 0.15) is 32.2 Å². The van der Waals surface area contributed by atoms with Gasteiger partial charge in [-0.1, -0.05) is 6.07 Å². The molecular formula is C16H19N5O. The van der Waals surface area contributed by atoms with Crippen molar-refractivity contribution in [1.82, 2.24) is 24.5 Å². The molecule has 0 amide bonds. The Kier molecular flexibility index (Phi) is 3.31. The minimum atomic E-state index is -0.266. The Morgan fingerprint density at radius 3 is 2.64 bits per heavy atom. The van der Waals surface area contributed by atoms with E-state index >= 15 is 0 Å². The number of rotatable bonds is 2. The van der Waals surface area contributed by atoms with Crippen molar-refractivity contribution in [2.75, 3.05) is 0 Å². The lowest BCUT2D eigenvalue weighted by molar-refractivity contribution is 0.366. The molecule has 114 valence electrons. The van der Waals surface area contributed by atoms with Crippen molar-refractivity contribution in [3.05, 3.63) is 52.3 Å². The molecule has 0 aliphatic heterocycles. The molecular weight excluding hydrogens is 278 g/mol. The zero-order valence-electron chi connectivity index (χ0n) is 13.2. The van der Waals surface area contributed by atoms with Crippen molar-refractivity contribution in [1.29, 1.82) is 0 Å². The second-order valence-corrected chi connectivity index (χ2v) is 6.36. The predicted octanol–water partition coefficient (Wildman–Crippen LogP) is 2.10. The Morgan fingerprint density at radius 1 is 1.23 bits per heavy atom. The summed E-state index contributed by atoms with van der Waals surface area (Å²) in [6.45, 7) is 8.32. The Hall–Kier alpha value is -2.50. The van der Waals surface area contributed by atoms with E-state index in [0.717, 1.165) is 16.8 Å². The first-order valence-electron chi connectivity index (χ1n) is 7.24. The van der Waals surface area contributed by atoms with Crippen LogP contribution in [0.4, 0.5) is 0 Å². The Labute approximate surface area is 128 Å². The molecule has 3 rings (SSSR count). The lowest BCUT2D eigenvalue weighted by Crippen LogP contribution is -2.31. The summed E-state index contributed by atoms with van der Waals surface area (Å²) < 4.78 is 3.23. The van der Waals surface area contributed by atoms with Gasteiger partial charge in [-0.05, 0) is 39.8 Å².